The molecule has 32 heavy (non-hydrogen) atoms. The zero-order valence-electron chi connectivity index (χ0n) is 17.7. The van der Waals surface area contributed by atoms with Crippen LogP contribution in [0.1, 0.15) is 48.1 Å². The topological polar surface area (TPSA) is 79.4 Å². The van der Waals surface area contributed by atoms with Crippen molar-refractivity contribution < 1.29 is 22.0 Å². The van der Waals surface area contributed by atoms with E-state index in [1.165, 1.54) is 24.3 Å². The number of benzene rings is 1. The Hall–Kier alpha value is -2.52. The van der Waals surface area contributed by atoms with Gasteiger partial charge in [0.15, 0.2) is 9.84 Å². The number of sulfone groups is 1. The first-order valence-corrected chi connectivity index (χ1v) is 12.4. The fourth-order valence-electron chi connectivity index (χ4n) is 3.64. The molecular weight excluding hydrogens is 460 g/mol. The zero-order valence-corrected chi connectivity index (χ0v) is 19.3. The van der Waals surface area contributed by atoms with Gasteiger partial charge in [-0.1, -0.05) is 23.7 Å². The minimum absolute atomic E-state index is 0.190. The fraction of sp³-hybridized carbons (Fsp3) is 0.364. The average Bonchev–Trinajstić information content (AvgIpc) is 2.72. The number of pyridine rings is 1. The summed E-state index contributed by atoms with van der Waals surface area (Å²) in [4.78, 5) is 18.6. The average molecular weight is 484 g/mol. The Bertz CT molecular complexity index is 1140. The molecule has 1 fully saturated rings. The zero-order chi connectivity index (χ0) is 23.5. The molecule has 2 heterocycles. The summed E-state index contributed by atoms with van der Waals surface area (Å²) < 4.78 is 50.7. The highest BCUT2D eigenvalue weighted by Crippen LogP contribution is 2.37. The summed E-state index contributed by atoms with van der Waals surface area (Å²) in [5.74, 6) is -1.53. The van der Waals surface area contributed by atoms with E-state index >= 15 is 0 Å². The lowest BCUT2D eigenvalue weighted by molar-refractivity contribution is 0.0942. The molecular formula is C22H24ClF2N3O3S. The molecule has 0 aliphatic carbocycles. The van der Waals surface area contributed by atoms with Crippen LogP contribution in [0.5, 0.6) is 0 Å². The van der Waals surface area contributed by atoms with Gasteiger partial charge in [-0.25, -0.2) is 22.2 Å². The van der Waals surface area contributed by atoms with Crippen LogP contribution in [0.4, 0.5) is 14.6 Å². The smallest absolute Gasteiger partial charge is 0.256 e. The summed E-state index contributed by atoms with van der Waals surface area (Å²) >= 11 is 6.26. The summed E-state index contributed by atoms with van der Waals surface area (Å²) in [6.07, 6.45) is 6.07. The van der Waals surface area contributed by atoms with Crippen LogP contribution in [0.15, 0.2) is 41.9 Å². The molecule has 172 valence electrons. The second-order valence-electron chi connectivity index (χ2n) is 7.81. The van der Waals surface area contributed by atoms with E-state index in [-0.39, 0.29) is 11.6 Å². The quantitative estimate of drug-likeness (QED) is 0.658. The summed E-state index contributed by atoms with van der Waals surface area (Å²) in [5, 5.41) is 3.80. The van der Waals surface area contributed by atoms with Gasteiger partial charge in [-0.2, -0.15) is 0 Å². The number of anilines is 1. The molecule has 6 nitrogen and oxygen atoms in total. The molecule has 1 aromatic heterocycles. The first-order chi connectivity index (χ1) is 15.0. The van der Waals surface area contributed by atoms with Gasteiger partial charge in [-0.05, 0) is 43.9 Å². The second-order valence-corrected chi connectivity index (χ2v) is 10.2. The minimum Gasteiger partial charge on any atom is -0.349 e. The van der Waals surface area contributed by atoms with Gasteiger partial charge in [0, 0.05) is 41.5 Å². The van der Waals surface area contributed by atoms with Crippen LogP contribution in [-0.2, 0) is 9.84 Å². The van der Waals surface area contributed by atoms with E-state index in [1.54, 1.807) is 13.0 Å². The molecule has 0 saturated carbocycles. The largest absolute Gasteiger partial charge is 0.349 e. The molecule has 10 heteroatoms. The maximum absolute atomic E-state index is 14.8. The highest BCUT2D eigenvalue weighted by atomic mass is 35.5. The summed E-state index contributed by atoms with van der Waals surface area (Å²) in [6.45, 7) is 2.19. The van der Waals surface area contributed by atoms with Crippen molar-refractivity contribution in [3.05, 3.63) is 69.7 Å². The molecule has 1 N–H and O–H groups in total. The number of halogens is 3. The maximum atomic E-state index is 14.8. The number of carbonyl (C=O) groups excluding carboxylic acids is 1. The standard InChI is InChI=1S/C22H24ClF2N3O3S/c1-14(8-10-32(2,30)31)27-22(29)17-13-26-21(12-19(17)25)28-9-4-3-5-20(28)16-7-6-15(24)11-18(16)23/h6-8,10-14,20H,3-5,9H2,1-2H3,(H,27,29)/b10-8+/t14-,20-/m1/s1. The SMILES string of the molecule is C[C@H](/C=C/S(C)(=O)=O)NC(=O)c1cnc(N2CCCC[C@@H]2c2ccc(F)cc2Cl)cc1F. The van der Waals surface area contributed by atoms with Crippen LogP contribution < -0.4 is 10.2 Å². The van der Waals surface area contributed by atoms with Gasteiger partial charge in [-0.3, -0.25) is 4.79 Å². The van der Waals surface area contributed by atoms with E-state index in [4.69, 9.17) is 11.6 Å². The second kappa shape index (κ2) is 9.95. The first kappa shape index (κ1) is 24.1. The number of amides is 1. The van der Waals surface area contributed by atoms with Gasteiger partial charge < -0.3 is 10.2 Å². The van der Waals surface area contributed by atoms with Crippen molar-refractivity contribution in [2.75, 3.05) is 17.7 Å². The van der Waals surface area contributed by atoms with E-state index in [1.807, 2.05) is 4.90 Å². The normalized spacial score (nSPS) is 18.0. The molecule has 0 spiro atoms. The Kier molecular flexibility index (Phi) is 7.51. The number of nitrogens with zero attached hydrogens (tertiary/aromatic N) is 2. The van der Waals surface area contributed by atoms with Crippen molar-refractivity contribution in [1.29, 1.82) is 0 Å². The molecule has 0 bridgehead atoms. The lowest BCUT2D eigenvalue weighted by Gasteiger charge is -2.37. The number of piperidine rings is 1. The van der Waals surface area contributed by atoms with Crippen molar-refractivity contribution in [1.82, 2.24) is 10.3 Å². The van der Waals surface area contributed by atoms with Crippen LogP contribution in [-0.4, -0.2) is 38.2 Å². The number of carbonyl (C=O) groups is 1. The highest BCUT2D eigenvalue weighted by molar-refractivity contribution is 7.93. The van der Waals surface area contributed by atoms with Crippen LogP contribution in [0.25, 0.3) is 0 Å². The highest BCUT2D eigenvalue weighted by Gasteiger charge is 2.28. The van der Waals surface area contributed by atoms with Crippen molar-refractivity contribution >= 4 is 33.2 Å². The number of aromatic nitrogens is 1. The first-order valence-electron chi connectivity index (χ1n) is 10.1. The van der Waals surface area contributed by atoms with E-state index in [0.29, 0.717) is 17.4 Å². The van der Waals surface area contributed by atoms with Crippen LogP contribution in [0.2, 0.25) is 5.02 Å². The Morgan fingerprint density at radius 2 is 2.06 bits per heavy atom. The van der Waals surface area contributed by atoms with Crippen LogP contribution in [0.3, 0.4) is 0 Å². The molecule has 2 aromatic rings. The lowest BCUT2D eigenvalue weighted by Crippen LogP contribution is -2.35. The third-order valence-electron chi connectivity index (χ3n) is 5.18. The fourth-order valence-corrected chi connectivity index (χ4v) is 4.45. The van der Waals surface area contributed by atoms with E-state index in [2.05, 4.69) is 10.3 Å². The number of hydrogen-bond acceptors (Lipinski definition) is 5. The molecule has 0 unspecified atom stereocenters. The monoisotopic (exact) mass is 483 g/mol. The number of hydrogen-bond donors (Lipinski definition) is 1. The predicted molar refractivity (Wildman–Crippen MR) is 120 cm³/mol. The summed E-state index contributed by atoms with van der Waals surface area (Å²) in [7, 11) is -3.33. The van der Waals surface area contributed by atoms with Gasteiger partial charge in [0.25, 0.3) is 5.91 Å². The van der Waals surface area contributed by atoms with E-state index in [0.717, 1.165) is 42.7 Å². The molecule has 2 atom stereocenters. The van der Waals surface area contributed by atoms with Crippen molar-refractivity contribution in [2.45, 2.75) is 38.3 Å². The Labute approximate surface area is 191 Å². The Morgan fingerprint density at radius 3 is 2.72 bits per heavy atom. The Balaban J connectivity index is 1.81. The lowest BCUT2D eigenvalue weighted by atomic mass is 9.95. The number of rotatable bonds is 6. The Morgan fingerprint density at radius 1 is 1.31 bits per heavy atom. The van der Waals surface area contributed by atoms with Gasteiger partial charge in [0.05, 0.1) is 11.6 Å². The number of nitrogens with one attached hydrogen (secondary N) is 1. The minimum atomic E-state index is -3.33. The molecule has 1 amide bonds. The third-order valence-corrected chi connectivity index (χ3v) is 6.15. The molecule has 0 radical (unpaired) electrons. The van der Waals surface area contributed by atoms with Crippen molar-refractivity contribution in [3.63, 3.8) is 0 Å². The molecule has 1 aromatic carbocycles. The molecule has 3 rings (SSSR count). The van der Waals surface area contributed by atoms with E-state index in [9.17, 15) is 22.0 Å². The predicted octanol–water partition coefficient (Wildman–Crippen LogP) is 4.42. The third kappa shape index (κ3) is 6.04. The summed E-state index contributed by atoms with van der Waals surface area (Å²) in [6, 6.07) is 4.61. The van der Waals surface area contributed by atoms with Crippen LogP contribution >= 0.6 is 11.6 Å². The van der Waals surface area contributed by atoms with Crippen molar-refractivity contribution in [2.24, 2.45) is 0 Å². The summed E-state index contributed by atoms with van der Waals surface area (Å²) in [5.41, 5.74) is 0.491. The molecule has 1 aliphatic rings. The van der Waals surface area contributed by atoms with Gasteiger partial charge in [0.2, 0.25) is 0 Å². The maximum Gasteiger partial charge on any atom is 0.256 e. The van der Waals surface area contributed by atoms with Gasteiger partial charge in [0.1, 0.15) is 17.5 Å². The van der Waals surface area contributed by atoms with E-state index < -0.39 is 33.4 Å². The van der Waals surface area contributed by atoms with Crippen molar-refractivity contribution in [3.8, 4) is 0 Å². The van der Waals surface area contributed by atoms with Crippen LogP contribution in [0, 0.1) is 11.6 Å². The van der Waals surface area contributed by atoms with Gasteiger partial charge in [-0.15, -0.1) is 0 Å². The molecule has 1 aliphatic heterocycles. The van der Waals surface area contributed by atoms with Gasteiger partial charge >= 0.3 is 0 Å². The molecule has 1 saturated heterocycles.